The van der Waals surface area contributed by atoms with Gasteiger partial charge in [0.2, 0.25) is 5.91 Å². The number of rotatable bonds is 44. The van der Waals surface area contributed by atoms with E-state index in [1.807, 2.05) is 27.2 Å². The van der Waals surface area contributed by atoms with Crippen LogP contribution in [0.15, 0.2) is 12.2 Å². The third kappa shape index (κ3) is 41.4. The third-order valence-electron chi connectivity index (χ3n) is 11.0. The van der Waals surface area contributed by atoms with Gasteiger partial charge in [-0.3, -0.25) is 13.8 Å². The molecule has 8 nitrogen and oxygen atoms in total. The number of likely N-dealkylation sites (N-methyl/N-ethyl adjacent to an activating group) is 1. The van der Waals surface area contributed by atoms with E-state index in [-0.39, 0.29) is 19.1 Å². The summed E-state index contributed by atoms with van der Waals surface area (Å²) in [6, 6.07) is -0.840. The van der Waals surface area contributed by atoms with Gasteiger partial charge in [0.05, 0.1) is 39.9 Å². The number of aliphatic hydroxyl groups is 1. The van der Waals surface area contributed by atoms with Gasteiger partial charge in [0.15, 0.2) is 0 Å². The highest BCUT2D eigenvalue weighted by atomic mass is 31.2. The smallest absolute Gasteiger partial charge is 0.387 e. The van der Waals surface area contributed by atoms with Crippen molar-refractivity contribution in [3.8, 4) is 0 Å². The molecule has 0 saturated heterocycles. The van der Waals surface area contributed by atoms with Crippen molar-refractivity contribution in [2.24, 2.45) is 0 Å². The molecule has 0 aromatic rings. The summed E-state index contributed by atoms with van der Waals surface area (Å²) in [6.45, 7) is 4.84. The highest BCUT2D eigenvalue weighted by molar-refractivity contribution is 7.47. The number of allylic oxidation sites excluding steroid dienone is 1. The maximum absolute atomic E-state index is 12.9. The van der Waals surface area contributed by atoms with E-state index in [0.717, 1.165) is 32.1 Å². The Balaban J connectivity index is 4.34. The molecule has 1 amide bonds. The van der Waals surface area contributed by atoms with E-state index in [2.05, 4.69) is 19.2 Å². The van der Waals surface area contributed by atoms with Crippen molar-refractivity contribution < 1.29 is 32.9 Å². The van der Waals surface area contributed by atoms with Crippen molar-refractivity contribution in [3.63, 3.8) is 0 Å². The average Bonchev–Trinajstić information content (AvgIpc) is 3.15. The van der Waals surface area contributed by atoms with Gasteiger partial charge in [-0.05, 0) is 19.3 Å². The van der Waals surface area contributed by atoms with Crippen LogP contribution in [-0.4, -0.2) is 73.4 Å². The number of unbranched alkanes of at least 4 members (excludes halogenated alkanes) is 31. The molecular formula is C47H96N2O6P+. The zero-order valence-electron chi connectivity index (χ0n) is 37.9. The lowest BCUT2D eigenvalue weighted by atomic mass is 10.0. The summed E-state index contributed by atoms with van der Waals surface area (Å²) in [5.74, 6) is -0.173. The predicted molar refractivity (Wildman–Crippen MR) is 240 cm³/mol. The molecule has 9 heteroatoms. The summed E-state index contributed by atoms with van der Waals surface area (Å²) >= 11 is 0. The van der Waals surface area contributed by atoms with Gasteiger partial charge in [0.1, 0.15) is 13.2 Å². The number of phosphoric ester groups is 1. The molecule has 0 aliphatic carbocycles. The van der Waals surface area contributed by atoms with E-state index < -0.39 is 20.0 Å². The Kier molecular flexibility index (Phi) is 39.1. The molecule has 1 unspecified atom stereocenters. The molecular weight excluding hydrogens is 719 g/mol. The molecule has 0 saturated carbocycles. The lowest BCUT2D eigenvalue weighted by molar-refractivity contribution is -0.870. The van der Waals surface area contributed by atoms with Crippen LogP contribution in [0.3, 0.4) is 0 Å². The molecule has 0 aliphatic heterocycles. The fraction of sp³-hybridized carbons (Fsp3) is 0.936. The molecule has 0 bridgehead atoms. The second-order valence-electron chi connectivity index (χ2n) is 17.8. The first-order valence-electron chi connectivity index (χ1n) is 24.1. The number of aliphatic hydroxyl groups excluding tert-OH is 1. The minimum Gasteiger partial charge on any atom is -0.387 e. The molecule has 0 aromatic heterocycles. The summed E-state index contributed by atoms with van der Waals surface area (Å²) < 4.78 is 23.6. The first-order valence-corrected chi connectivity index (χ1v) is 25.6. The molecule has 3 N–H and O–H groups in total. The summed E-state index contributed by atoms with van der Waals surface area (Å²) in [5.41, 5.74) is 0. The number of quaternary nitrogens is 1. The number of phosphoric acid groups is 1. The number of nitrogens with zero attached hydrogens (tertiary/aromatic N) is 1. The minimum absolute atomic E-state index is 0.0648. The zero-order valence-corrected chi connectivity index (χ0v) is 38.8. The molecule has 0 rings (SSSR count). The normalized spacial score (nSPS) is 14.3. The van der Waals surface area contributed by atoms with Gasteiger partial charge in [0.25, 0.3) is 0 Å². The average molecular weight is 816 g/mol. The first-order chi connectivity index (χ1) is 27.0. The number of carbonyl (C=O) groups is 1. The van der Waals surface area contributed by atoms with Crippen molar-refractivity contribution in [2.75, 3.05) is 40.9 Å². The first kappa shape index (κ1) is 55.2. The Morgan fingerprint density at radius 1 is 0.589 bits per heavy atom. The number of hydrogen-bond acceptors (Lipinski definition) is 5. The zero-order chi connectivity index (χ0) is 41.4. The second-order valence-corrected chi connectivity index (χ2v) is 19.3. The Labute approximate surface area is 348 Å². The van der Waals surface area contributed by atoms with E-state index >= 15 is 0 Å². The highest BCUT2D eigenvalue weighted by Crippen LogP contribution is 2.43. The van der Waals surface area contributed by atoms with Crippen molar-refractivity contribution in [1.29, 1.82) is 0 Å². The van der Waals surface area contributed by atoms with Gasteiger partial charge in [-0.2, -0.15) is 0 Å². The maximum atomic E-state index is 12.9. The van der Waals surface area contributed by atoms with E-state index in [9.17, 15) is 19.4 Å². The van der Waals surface area contributed by atoms with Crippen molar-refractivity contribution in [2.45, 2.75) is 244 Å². The molecule has 0 spiro atoms. The SMILES string of the molecule is CCCCCCCCCCCCCCCCC/C=C/[C@@H](O)[C@H](COP(=O)(O)OCC[N+](C)(C)C)NC(=O)CCCCCCCCCCCCCCCCCCC. The van der Waals surface area contributed by atoms with Gasteiger partial charge in [0, 0.05) is 6.42 Å². The molecule has 0 aromatic carbocycles. The van der Waals surface area contributed by atoms with Gasteiger partial charge in [-0.15, -0.1) is 0 Å². The van der Waals surface area contributed by atoms with E-state index in [1.165, 1.54) is 180 Å². The summed E-state index contributed by atoms with van der Waals surface area (Å²) in [5, 5.41) is 13.9. The van der Waals surface area contributed by atoms with Crippen LogP contribution >= 0.6 is 7.82 Å². The van der Waals surface area contributed by atoms with E-state index in [1.54, 1.807) is 6.08 Å². The molecule has 0 fully saturated rings. The molecule has 56 heavy (non-hydrogen) atoms. The van der Waals surface area contributed by atoms with Crippen LogP contribution < -0.4 is 5.32 Å². The van der Waals surface area contributed by atoms with Crippen LogP contribution in [0.4, 0.5) is 0 Å². The number of amides is 1. The maximum Gasteiger partial charge on any atom is 0.472 e. The van der Waals surface area contributed by atoms with E-state index in [4.69, 9.17) is 9.05 Å². The van der Waals surface area contributed by atoms with Crippen LogP contribution in [0, 0.1) is 0 Å². The number of carbonyl (C=O) groups excluding carboxylic acids is 1. The predicted octanol–water partition coefficient (Wildman–Crippen LogP) is 13.5. The fourth-order valence-electron chi connectivity index (χ4n) is 7.16. The van der Waals surface area contributed by atoms with Crippen LogP contribution in [0.1, 0.15) is 232 Å². The Hall–Kier alpha value is -0.760. The third-order valence-corrected chi connectivity index (χ3v) is 12.0. The molecule has 3 atom stereocenters. The Bertz CT molecular complexity index is 927. The van der Waals surface area contributed by atoms with Gasteiger partial charge in [-0.25, -0.2) is 4.57 Å². The van der Waals surface area contributed by atoms with Crippen LogP contribution in [0.25, 0.3) is 0 Å². The lowest BCUT2D eigenvalue weighted by Crippen LogP contribution is -2.45. The van der Waals surface area contributed by atoms with Crippen LogP contribution in [-0.2, 0) is 18.4 Å². The number of nitrogens with one attached hydrogen (secondary N) is 1. The molecule has 0 heterocycles. The number of hydrogen-bond donors (Lipinski definition) is 3. The van der Waals surface area contributed by atoms with Gasteiger partial charge < -0.3 is 19.8 Å². The second kappa shape index (κ2) is 39.7. The summed E-state index contributed by atoms with van der Waals surface area (Å²) in [4.78, 5) is 23.2. The fourth-order valence-corrected chi connectivity index (χ4v) is 7.90. The highest BCUT2D eigenvalue weighted by Gasteiger charge is 2.27. The van der Waals surface area contributed by atoms with Crippen molar-refractivity contribution in [3.05, 3.63) is 12.2 Å². The molecule has 334 valence electrons. The Morgan fingerprint density at radius 3 is 1.32 bits per heavy atom. The van der Waals surface area contributed by atoms with Gasteiger partial charge in [-0.1, -0.05) is 219 Å². The quantitative estimate of drug-likeness (QED) is 0.0245. The van der Waals surface area contributed by atoms with Crippen LogP contribution in [0.2, 0.25) is 0 Å². The van der Waals surface area contributed by atoms with Crippen molar-refractivity contribution in [1.82, 2.24) is 5.32 Å². The largest absolute Gasteiger partial charge is 0.472 e. The standard InChI is InChI=1S/C47H95N2O6P/c1-6-8-10-12-14-16-18-20-22-24-26-28-30-32-34-36-38-40-46(50)45(44-55-56(52,53)54-43-42-49(3,4)5)48-47(51)41-39-37-35-33-31-29-27-25-23-21-19-17-15-13-11-9-7-2/h38,40,45-46,50H,6-37,39,41-44H2,1-5H3,(H-,48,51,52,53)/p+1/b40-38+/t45-,46+/m0/s1. The molecule has 0 radical (unpaired) electrons. The monoisotopic (exact) mass is 816 g/mol. The lowest BCUT2D eigenvalue weighted by Gasteiger charge is -2.25. The molecule has 0 aliphatic rings. The summed E-state index contributed by atoms with van der Waals surface area (Å²) in [7, 11) is 1.58. The topological polar surface area (TPSA) is 105 Å². The van der Waals surface area contributed by atoms with Crippen LogP contribution in [0.5, 0.6) is 0 Å². The summed E-state index contributed by atoms with van der Waals surface area (Å²) in [6.07, 6.45) is 45.6. The Morgan fingerprint density at radius 2 is 0.946 bits per heavy atom. The minimum atomic E-state index is -4.33. The van der Waals surface area contributed by atoms with E-state index in [0.29, 0.717) is 17.4 Å². The van der Waals surface area contributed by atoms with Gasteiger partial charge >= 0.3 is 7.82 Å². The van der Waals surface area contributed by atoms with Crippen molar-refractivity contribution >= 4 is 13.7 Å².